The summed E-state index contributed by atoms with van der Waals surface area (Å²) in [6.07, 6.45) is 1.12. The molecule has 1 aromatic heterocycles. The SMILES string of the molecule is CCn1nc(C)c(Cl)c1CN1CCCNc2ccccc21. The van der Waals surface area contributed by atoms with Gasteiger partial charge in [-0.05, 0) is 32.4 Å². The molecule has 1 aliphatic heterocycles. The first kappa shape index (κ1) is 14.3. The number of para-hydroxylation sites is 2. The van der Waals surface area contributed by atoms with E-state index in [2.05, 4.69) is 46.5 Å². The molecule has 112 valence electrons. The van der Waals surface area contributed by atoms with Crippen LogP contribution < -0.4 is 10.2 Å². The number of hydrogen-bond donors (Lipinski definition) is 1. The van der Waals surface area contributed by atoms with Crippen LogP contribution in [-0.4, -0.2) is 22.9 Å². The van der Waals surface area contributed by atoms with Gasteiger partial charge in [0.1, 0.15) is 0 Å². The number of nitrogens with zero attached hydrogens (tertiary/aromatic N) is 3. The van der Waals surface area contributed by atoms with Gasteiger partial charge in [-0.3, -0.25) is 4.68 Å². The number of halogens is 1. The topological polar surface area (TPSA) is 33.1 Å². The van der Waals surface area contributed by atoms with Crippen LogP contribution in [0.5, 0.6) is 0 Å². The summed E-state index contributed by atoms with van der Waals surface area (Å²) < 4.78 is 2.01. The lowest BCUT2D eigenvalue weighted by Gasteiger charge is -2.24. The Hall–Kier alpha value is -1.68. The van der Waals surface area contributed by atoms with Gasteiger partial charge in [0.25, 0.3) is 0 Å². The molecule has 5 heteroatoms. The summed E-state index contributed by atoms with van der Waals surface area (Å²) in [7, 11) is 0. The van der Waals surface area contributed by atoms with Crippen molar-refractivity contribution in [3.8, 4) is 0 Å². The lowest BCUT2D eigenvalue weighted by atomic mass is 10.2. The van der Waals surface area contributed by atoms with Crippen molar-refractivity contribution in [1.82, 2.24) is 9.78 Å². The zero-order valence-corrected chi connectivity index (χ0v) is 13.3. The minimum Gasteiger partial charge on any atom is -0.383 e. The molecule has 0 saturated heterocycles. The number of fused-ring (bicyclic) bond motifs is 1. The molecule has 1 aliphatic rings. The molecular weight excluding hydrogens is 284 g/mol. The quantitative estimate of drug-likeness (QED) is 0.939. The van der Waals surface area contributed by atoms with Crippen LogP contribution in [-0.2, 0) is 13.1 Å². The molecule has 0 atom stereocenters. The van der Waals surface area contributed by atoms with Crippen molar-refractivity contribution in [3.05, 3.63) is 40.7 Å². The average molecular weight is 305 g/mol. The summed E-state index contributed by atoms with van der Waals surface area (Å²) in [5.41, 5.74) is 4.46. The van der Waals surface area contributed by atoms with Crippen LogP contribution in [0.1, 0.15) is 24.7 Å². The van der Waals surface area contributed by atoms with Crippen LogP contribution in [0.15, 0.2) is 24.3 Å². The Balaban J connectivity index is 1.95. The molecule has 4 nitrogen and oxygen atoms in total. The van der Waals surface area contributed by atoms with E-state index in [1.807, 2.05) is 11.6 Å². The first-order chi connectivity index (χ1) is 10.2. The number of rotatable bonds is 3. The molecule has 0 radical (unpaired) electrons. The van der Waals surface area contributed by atoms with Crippen LogP contribution >= 0.6 is 11.6 Å². The normalized spacial score (nSPS) is 14.5. The third-order valence-electron chi connectivity index (χ3n) is 3.96. The summed E-state index contributed by atoms with van der Waals surface area (Å²) in [5.74, 6) is 0. The van der Waals surface area contributed by atoms with E-state index in [-0.39, 0.29) is 0 Å². The van der Waals surface area contributed by atoms with Gasteiger partial charge in [0.2, 0.25) is 0 Å². The Bertz CT molecular complexity index is 635. The smallest absolute Gasteiger partial charge is 0.0865 e. The van der Waals surface area contributed by atoms with Gasteiger partial charge < -0.3 is 10.2 Å². The van der Waals surface area contributed by atoms with E-state index in [0.29, 0.717) is 0 Å². The first-order valence-electron chi connectivity index (χ1n) is 7.50. The number of aryl methyl sites for hydroxylation is 2. The van der Waals surface area contributed by atoms with Gasteiger partial charge in [-0.1, -0.05) is 23.7 Å². The zero-order chi connectivity index (χ0) is 14.8. The van der Waals surface area contributed by atoms with Crippen molar-refractivity contribution in [3.63, 3.8) is 0 Å². The van der Waals surface area contributed by atoms with Crippen LogP contribution in [0.4, 0.5) is 11.4 Å². The molecule has 0 spiro atoms. The van der Waals surface area contributed by atoms with E-state index >= 15 is 0 Å². The molecule has 0 fully saturated rings. The third-order valence-corrected chi connectivity index (χ3v) is 4.45. The van der Waals surface area contributed by atoms with Crippen molar-refractivity contribution >= 4 is 23.0 Å². The van der Waals surface area contributed by atoms with Gasteiger partial charge in [0, 0.05) is 19.6 Å². The van der Waals surface area contributed by atoms with Crippen molar-refractivity contribution in [2.24, 2.45) is 0 Å². The predicted molar refractivity (Wildman–Crippen MR) is 88.2 cm³/mol. The highest BCUT2D eigenvalue weighted by molar-refractivity contribution is 6.31. The van der Waals surface area contributed by atoms with Gasteiger partial charge in [-0.15, -0.1) is 0 Å². The monoisotopic (exact) mass is 304 g/mol. The summed E-state index contributed by atoms with van der Waals surface area (Å²) in [4.78, 5) is 2.39. The van der Waals surface area contributed by atoms with E-state index in [4.69, 9.17) is 11.6 Å². The molecule has 3 rings (SSSR count). The lowest BCUT2D eigenvalue weighted by molar-refractivity contribution is 0.604. The fourth-order valence-corrected chi connectivity index (χ4v) is 3.07. The Kier molecular flexibility index (Phi) is 4.06. The Morgan fingerprint density at radius 3 is 2.95 bits per heavy atom. The predicted octanol–water partition coefficient (Wildman–Crippen LogP) is 3.69. The second kappa shape index (κ2) is 5.98. The number of benzene rings is 1. The summed E-state index contributed by atoms with van der Waals surface area (Å²) in [5, 5.41) is 8.81. The Morgan fingerprint density at radius 1 is 1.33 bits per heavy atom. The van der Waals surface area contributed by atoms with Gasteiger partial charge >= 0.3 is 0 Å². The highest BCUT2D eigenvalue weighted by atomic mass is 35.5. The first-order valence-corrected chi connectivity index (χ1v) is 7.88. The maximum atomic E-state index is 6.45. The molecule has 0 saturated carbocycles. The van der Waals surface area contributed by atoms with Gasteiger partial charge in [0.15, 0.2) is 0 Å². The minimum absolute atomic E-state index is 0.798. The lowest BCUT2D eigenvalue weighted by Crippen LogP contribution is -2.25. The van der Waals surface area contributed by atoms with E-state index in [1.165, 1.54) is 11.4 Å². The van der Waals surface area contributed by atoms with E-state index in [9.17, 15) is 0 Å². The molecule has 1 aromatic carbocycles. The number of hydrogen-bond acceptors (Lipinski definition) is 3. The fourth-order valence-electron chi connectivity index (χ4n) is 2.88. The van der Waals surface area contributed by atoms with E-state index < -0.39 is 0 Å². The second-order valence-corrected chi connectivity index (χ2v) is 5.76. The van der Waals surface area contributed by atoms with Crippen molar-refractivity contribution in [2.45, 2.75) is 33.4 Å². The summed E-state index contributed by atoms with van der Waals surface area (Å²) in [6.45, 7) is 7.74. The van der Waals surface area contributed by atoms with Crippen molar-refractivity contribution < 1.29 is 0 Å². The minimum atomic E-state index is 0.798. The van der Waals surface area contributed by atoms with Gasteiger partial charge in [-0.25, -0.2) is 0 Å². The summed E-state index contributed by atoms with van der Waals surface area (Å²) in [6, 6.07) is 8.46. The third kappa shape index (κ3) is 2.72. The van der Waals surface area contributed by atoms with E-state index in [1.54, 1.807) is 0 Å². The molecule has 0 amide bonds. The Morgan fingerprint density at radius 2 is 2.14 bits per heavy atom. The van der Waals surface area contributed by atoms with Crippen LogP contribution in [0.3, 0.4) is 0 Å². The zero-order valence-electron chi connectivity index (χ0n) is 12.6. The average Bonchev–Trinajstić information content (AvgIpc) is 2.67. The second-order valence-electron chi connectivity index (χ2n) is 5.38. The van der Waals surface area contributed by atoms with Crippen molar-refractivity contribution in [2.75, 3.05) is 23.3 Å². The number of aromatic nitrogens is 2. The molecular formula is C16H21ClN4. The Labute approximate surface area is 130 Å². The molecule has 2 aromatic rings. The standard InChI is InChI=1S/C16H21ClN4/c1-3-21-15(16(17)12(2)19-21)11-20-10-6-9-18-13-7-4-5-8-14(13)20/h4-5,7-8,18H,3,6,9-11H2,1-2H3. The fraction of sp³-hybridized carbons (Fsp3) is 0.438. The molecule has 0 unspecified atom stereocenters. The molecule has 21 heavy (non-hydrogen) atoms. The largest absolute Gasteiger partial charge is 0.383 e. The van der Waals surface area contributed by atoms with Crippen molar-refractivity contribution in [1.29, 1.82) is 0 Å². The molecule has 1 N–H and O–H groups in total. The van der Waals surface area contributed by atoms with Crippen LogP contribution in [0, 0.1) is 6.92 Å². The van der Waals surface area contributed by atoms with Gasteiger partial charge in [0.05, 0.1) is 34.3 Å². The molecule has 0 bridgehead atoms. The summed E-state index contributed by atoms with van der Waals surface area (Å²) >= 11 is 6.45. The highest BCUT2D eigenvalue weighted by Crippen LogP contribution is 2.31. The van der Waals surface area contributed by atoms with Crippen LogP contribution in [0.25, 0.3) is 0 Å². The van der Waals surface area contributed by atoms with Crippen LogP contribution in [0.2, 0.25) is 5.02 Å². The molecule has 0 aliphatic carbocycles. The van der Waals surface area contributed by atoms with E-state index in [0.717, 1.165) is 49.0 Å². The maximum Gasteiger partial charge on any atom is 0.0865 e. The number of anilines is 2. The maximum absolute atomic E-state index is 6.45. The number of nitrogens with one attached hydrogen (secondary N) is 1. The molecule has 2 heterocycles. The highest BCUT2D eigenvalue weighted by Gasteiger charge is 2.19. The van der Waals surface area contributed by atoms with Gasteiger partial charge in [-0.2, -0.15) is 5.10 Å².